The molecule has 1 aromatic carbocycles. The molecule has 2 aromatic heterocycles. The van der Waals surface area contributed by atoms with E-state index in [1.165, 1.54) is 6.07 Å². The number of aromatic nitrogens is 3. The summed E-state index contributed by atoms with van der Waals surface area (Å²) < 4.78 is 50.6. The van der Waals surface area contributed by atoms with Gasteiger partial charge in [-0.1, -0.05) is 24.8 Å². The number of nitrogens with zero attached hydrogens (tertiary/aromatic N) is 5. The second-order valence-corrected chi connectivity index (χ2v) is 7.30. The number of morpholine rings is 1. The fourth-order valence-corrected chi connectivity index (χ4v) is 3.38. The van der Waals surface area contributed by atoms with Crippen molar-refractivity contribution in [3.63, 3.8) is 0 Å². The monoisotopic (exact) mass is 445 g/mol. The largest absolute Gasteiger partial charge is 0.433 e. The van der Waals surface area contributed by atoms with Gasteiger partial charge in [-0.3, -0.25) is 0 Å². The molecule has 1 saturated heterocycles. The van der Waals surface area contributed by atoms with Crippen LogP contribution in [0.4, 0.5) is 19.0 Å². The fourth-order valence-electron chi connectivity index (χ4n) is 3.38. The van der Waals surface area contributed by atoms with E-state index < -0.39 is 11.9 Å². The van der Waals surface area contributed by atoms with Crippen LogP contribution in [0, 0.1) is 6.92 Å². The van der Waals surface area contributed by atoms with Gasteiger partial charge in [0, 0.05) is 25.6 Å². The molecule has 3 aromatic rings. The Bertz CT molecular complexity index is 1080. The maximum absolute atomic E-state index is 13.3. The van der Waals surface area contributed by atoms with E-state index in [2.05, 4.69) is 21.8 Å². The molecule has 0 amide bonds. The summed E-state index contributed by atoms with van der Waals surface area (Å²) in [5, 5.41) is 7.82. The van der Waals surface area contributed by atoms with Crippen LogP contribution >= 0.6 is 0 Å². The molecule has 0 aliphatic carbocycles. The van der Waals surface area contributed by atoms with Crippen LogP contribution < -0.4 is 4.90 Å². The molecular weight excluding hydrogens is 423 g/mol. The van der Waals surface area contributed by atoms with Crippen molar-refractivity contribution in [2.45, 2.75) is 19.6 Å². The van der Waals surface area contributed by atoms with Crippen molar-refractivity contribution in [3.05, 3.63) is 72.0 Å². The molecule has 10 heteroatoms. The number of anilines is 1. The molecule has 32 heavy (non-hydrogen) atoms. The number of alkyl halides is 3. The van der Waals surface area contributed by atoms with E-state index in [1.807, 2.05) is 29.2 Å². The van der Waals surface area contributed by atoms with E-state index in [9.17, 15) is 13.2 Å². The first-order valence-corrected chi connectivity index (χ1v) is 10.0. The lowest BCUT2D eigenvalue weighted by atomic mass is 10.1. The Kier molecular flexibility index (Phi) is 6.13. The van der Waals surface area contributed by atoms with E-state index >= 15 is 0 Å². The van der Waals surface area contributed by atoms with Gasteiger partial charge in [-0.15, -0.1) is 10.2 Å². The van der Waals surface area contributed by atoms with Gasteiger partial charge in [0.05, 0.1) is 19.8 Å². The fraction of sp³-hybridized carbons (Fsp3) is 0.318. The Morgan fingerprint density at radius 2 is 1.81 bits per heavy atom. The van der Waals surface area contributed by atoms with Crippen molar-refractivity contribution in [1.29, 1.82) is 0 Å². The summed E-state index contributed by atoms with van der Waals surface area (Å²) in [6, 6.07) is 11.3. The molecular formula is C22H22F3N5O2. The minimum atomic E-state index is -4.54. The van der Waals surface area contributed by atoms with Gasteiger partial charge >= 0.3 is 6.18 Å². The Morgan fingerprint density at radius 1 is 1.09 bits per heavy atom. The summed E-state index contributed by atoms with van der Waals surface area (Å²) in [6.07, 6.45) is -4.54. The smallest absolute Gasteiger partial charge is 0.421 e. The summed E-state index contributed by atoms with van der Waals surface area (Å²) in [5.41, 5.74) is 0.667. The lowest BCUT2D eigenvalue weighted by Crippen LogP contribution is -2.41. The molecule has 0 unspecified atom stereocenters. The first kappa shape index (κ1) is 21.8. The Balaban J connectivity index is 1.62. The third kappa shape index (κ3) is 4.91. The predicted molar refractivity (Wildman–Crippen MR) is 111 cm³/mol. The van der Waals surface area contributed by atoms with Gasteiger partial charge in [-0.2, -0.15) is 13.2 Å². The van der Waals surface area contributed by atoms with Gasteiger partial charge in [0.1, 0.15) is 17.3 Å². The van der Waals surface area contributed by atoms with Crippen molar-refractivity contribution < 1.29 is 22.3 Å². The van der Waals surface area contributed by atoms with Crippen LogP contribution in [0.25, 0.3) is 11.5 Å². The van der Waals surface area contributed by atoms with Crippen molar-refractivity contribution in [1.82, 2.24) is 20.1 Å². The highest BCUT2D eigenvalue weighted by Crippen LogP contribution is 2.31. The standard InChI is InChI=1S/C22H22F3N5O2/c1-15-27-28-21(32-15)18-8-6-17(7-9-18)14-30(16(2)29-10-12-31-13-11-29)20-5-3-4-19(26-20)22(23,24)25/h3-9H,2,10-14H2,1H3. The van der Waals surface area contributed by atoms with Crippen LogP contribution in [-0.2, 0) is 17.5 Å². The normalized spacial score (nSPS) is 14.4. The number of rotatable bonds is 6. The molecule has 3 heterocycles. The van der Waals surface area contributed by atoms with E-state index in [0.29, 0.717) is 43.9 Å². The number of hydrogen-bond acceptors (Lipinski definition) is 7. The van der Waals surface area contributed by atoms with Crippen LogP contribution in [-0.4, -0.2) is 46.4 Å². The van der Waals surface area contributed by atoms with Crippen LogP contribution in [0.15, 0.2) is 59.3 Å². The van der Waals surface area contributed by atoms with E-state index in [1.54, 1.807) is 17.9 Å². The quantitative estimate of drug-likeness (QED) is 0.561. The zero-order valence-electron chi connectivity index (χ0n) is 17.5. The average molecular weight is 445 g/mol. The average Bonchev–Trinajstić information content (AvgIpc) is 3.24. The molecule has 1 fully saturated rings. The van der Waals surface area contributed by atoms with Crippen molar-refractivity contribution in [2.24, 2.45) is 0 Å². The zero-order chi connectivity index (χ0) is 22.7. The van der Waals surface area contributed by atoms with Gasteiger partial charge in [0.2, 0.25) is 11.8 Å². The highest BCUT2D eigenvalue weighted by molar-refractivity contribution is 5.54. The van der Waals surface area contributed by atoms with Gasteiger partial charge in [0.25, 0.3) is 0 Å². The summed E-state index contributed by atoms with van der Waals surface area (Å²) in [5.74, 6) is 1.61. The number of ether oxygens (including phenoxy) is 1. The molecule has 0 spiro atoms. The lowest BCUT2D eigenvalue weighted by Gasteiger charge is -2.37. The molecule has 0 N–H and O–H groups in total. The van der Waals surface area contributed by atoms with E-state index in [4.69, 9.17) is 9.15 Å². The SMILES string of the molecule is C=C(N1CCOCC1)N(Cc1ccc(-c2nnc(C)o2)cc1)c1cccc(C(F)(F)F)n1. The van der Waals surface area contributed by atoms with E-state index in [0.717, 1.165) is 17.2 Å². The molecule has 7 nitrogen and oxygen atoms in total. The number of aryl methyl sites for hydroxylation is 1. The molecule has 1 aliphatic heterocycles. The topological polar surface area (TPSA) is 67.5 Å². The molecule has 1 aliphatic rings. The minimum Gasteiger partial charge on any atom is -0.421 e. The van der Waals surface area contributed by atoms with Crippen LogP contribution in [0.3, 0.4) is 0 Å². The molecule has 168 valence electrons. The third-order valence-electron chi connectivity index (χ3n) is 5.06. The summed E-state index contributed by atoms with van der Waals surface area (Å²) in [6.45, 7) is 8.41. The van der Waals surface area contributed by atoms with Gasteiger partial charge in [0.15, 0.2) is 0 Å². The Labute approximate surface area is 183 Å². The zero-order valence-corrected chi connectivity index (χ0v) is 17.5. The summed E-state index contributed by atoms with van der Waals surface area (Å²) in [4.78, 5) is 7.55. The first-order valence-electron chi connectivity index (χ1n) is 10.0. The number of halogens is 3. The number of pyridine rings is 1. The number of hydrogen-bond donors (Lipinski definition) is 0. The van der Waals surface area contributed by atoms with Gasteiger partial charge in [-0.25, -0.2) is 4.98 Å². The Morgan fingerprint density at radius 3 is 2.44 bits per heavy atom. The second-order valence-electron chi connectivity index (χ2n) is 7.30. The molecule has 0 saturated carbocycles. The highest BCUT2D eigenvalue weighted by atomic mass is 19.4. The highest BCUT2D eigenvalue weighted by Gasteiger charge is 2.33. The molecule has 0 radical (unpaired) electrons. The maximum Gasteiger partial charge on any atom is 0.433 e. The number of benzene rings is 1. The molecule has 4 rings (SSSR count). The Hall–Kier alpha value is -3.40. The van der Waals surface area contributed by atoms with Crippen LogP contribution in [0.1, 0.15) is 17.1 Å². The third-order valence-corrected chi connectivity index (χ3v) is 5.06. The minimum absolute atomic E-state index is 0.174. The maximum atomic E-state index is 13.3. The van der Waals surface area contributed by atoms with Gasteiger partial charge in [-0.05, 0) is 29.8 Å². The molecule has 0 bridgehead atoms. The predicted octanol–water partition coefficient (Wildman–Crippen LogP) is 4.27. The van der Waals surface area contributed by atoms with Gasteiger partial charge < -0.3 is 19.0 Å². The van der Waals surface area contributed by atoms with E-state index in [-0.39, 0.29) is 12.4 Å². The second kappa shape index (κ2) is 8.99. The van der Waals surface area contributed by atoms with Crippen molar-refractivity contribution in [2.75, 3.05) is 31.2 Å². The molecule has 0 atom stereocenters. The summed E-state index contributed by atoms with van der Waals surface area (Å²) in [7, 11) is 0. The van der Waals surface area contributed by atoms with Crippen molar-refractivity contribution in [3.8, 4) is 11.5 Å². The van der Waals surface area contributed by atoms with Crippen LogP contribution in [0.2, 0.25) is 0 Å². The lowest BCUT2D eigenvalue weighted by molar-refractivity contribution is -0.141. The first-order chi connectivity index (χ1) is 15.3. The van der Waals surface area contributed by atoms with Crippen LogP contribution in [0.5, 0.6) is 0 Å². The van der Waals surface area contributed by atoms with Crippen molar-refractivity contribution >= 4 is 5.82 Å². The summed E-state index contributed by atoms with van der Waals surface area (Å²) >= 11 is 0.